The molecular weight excluding hydrogens is 282 g/mol. The van der Waals surface area contributed by atoms with Gasteiger partial charge in [0.25, 0.3) is 0 Å². The van der Waals surface area contributed by atoms with Gasteiger partial charge in [-0.2, -0.15) is 0 Å². The van der Waals surface area contributed by atoms with Gasteiger partial charge in [-0.3, -0.25) is 4.79 Å². The zero-order chi connectivity index (χ0) is 16.5. The summed E-state index contributed by atoms with van der Waals surface area (Å²) in [6, 6.07) is 7.18. The second kappa shape index (κ2) is 9.43. The molecule has 3 N–H and O–H groups in total. The lowest BCUT2D eigenvalue weighted by molar-refractivity contribution is -0.141. The normalized spacial score (nSPS) is 15.0. The van der Waals surface area contributed by atoms with Crippen molar-refractivity contribution >= 4 is 5.97 Å². The van der Waals surface area contributed by atoms with Gasteiger partial charge in [-0.1, -0.05) is 25.5 Å². The summed E-state index contributed by atoms with van der Waals surface area (Å²) < 4.78 is 9.85. The number of carbonyl (C=O) groups is 1. The Balaban J connectivity index is 2.90. The number of benzene rings is 1. The molecule has 22 heavy (non-hydrogen) atoms. The Hall–Kier alpha value is -1.59. The quantitative estimate of drug-likeness (QED) is 0.684. The topological polar surface area (TPSA) is 81.8 Å². The molecule has 0 aromatic heterocycles. The van der Waals surface area contributed by atoms with E-state index < -0.39 is 12.1 Å². The molecule has 0 heterocycles. The van der Waals surface area contributed by atoms with Gasteiger partial charge >= 0.3 is 5.97 Å². The number of ether oxygens (including phenoxy) is 2. The largest absolute Gasteiger partial charge is 0.497 e. The van der Waals surface area contributed by atoms with E-state index in [0.717, 1.165) is 24.2 Å². The van der Waals surface area contributed by atoms with E-state index in [1.165, 1.54) is 7.11 Å². The number of methoxy groups -OCH3 is 2. The molecule has 0 spiro atoms. The Labute approximate surface area is 132 Å². The van der Waals surface area contributed by atoms with Crippen LogP contribution in [0.2, 0.25) is 0 Å². The molecule has 1 aromatic rings. The van der Waals surface area contributed by atoms with E-state index in [9.17, 15) is 9.90 Å². The second-order valence-electron chi connectivity index (χ2n) is 5.50. The van der Waals surface area contributed by atoms with Crippen LogP contribution in [-0.4, -0.2) is 37.4 Å². The zero-order valence-electron chi connectivity index (χ0n) is 13.6. The molecule has 1 aromatic carbocycles. The maximum Gasteiger partial charge on any atom is 0.307 e. The zero-order valence-corrected chi connectivity index (χ0v) is 13.6. The lowest BCUT2D eigenvalue weighted by atomic mass is 9.84. The summed E-state index contributed by atoms with van der Waals surface area (Å²) in [6.07, 6.45) is 1.85. The standard InChI is InChI=1S/C17H27NO4/c1-4-5-13(19)10-15(16(18)11-17(20)22-3)12-6-8-14(21-2)9-7-12/h6-9,13,15-16,19H,4-5,10-11,18H2,1-3H3/t13-,15+,16+/m0/s1. The lowest BCUT2D eigenvalue weighted by Crippen LogP contribution is -2.33. The molecule has 0 fully saturated rings. The Morgan fingerprint density at radius 3 is 2.41 bits per heavy atom. The number of aliphatic hydroxyl groups is 1. The van der Waals surface area contributed by atoms with Gasteiger partial charge in [0.15, 0.2) is 0 Å². The third-order valence-corrected chi connectivity index (χ3v) is 3.84. The summed E-state index contributed by atoms with van der Waals surface area (Å²) >= 11 is 0. The van der Waals surface area contributed by atoms with Gasteiger partial charge in [-0.25, -0.2) is 0 Å². The first-order chi connectivity index (χ1) is 10.5. The second-order valence-corrected chi connectivity index (χ2v) is 5.50. The molecule has 124 valence electrons. The van der Waals surface area contributed by atoms with Crippen molar-refractivity contribution in [3.05, 3.63) is 29.8 Å². The van der Waals surface area contributed by atoms with Crippen molar-refractivity contribution in [2.45, 2.75) is 50.7 Å². The molecule has 0 radical (unpaired) electrons. The van der Waals surface area contributed by atoms with Gasteiger partial charge in [0.05, 0.1) is 26.7 Å². The van der Waals surface area contributed by atoms with Crippen molar-refractivity contribution in [1.29, 1.82) is 0 Å². The van der Waals surface area contributed by atoms with Gasteiger partial charge in [0.1, 0.15) is 5.75 Å². The highest BCUT2D eigenvalue weighted by Gasteiger charge is 2.25. The van der Waals surface area contributed by atoms with Crippen molar-refractivity contribution in [2.24, 2.45) is 5.73 Å². The third-order valence-electron chi connectivity index (χ3n) is 3.84. The van der Waals surface area contributed by atoms with Gasteiger partial charge in [-0.05, 0) is 30.5 Å². The van der Waals surface area contributed by atoms with Crippen LogP contribution < -0.4 is 10.5 Å². The van der Waals surface area contributed by atoms with E-state index in [2.05, 4.69) is 0 Å². The van der Waals surface area contributed by atoms with Crippen LogP contribution in [0.4, 0.5) is 0 Å². The predicted octanol–water partition coefficient (Wildman–Crippen LogP) is 2.22. The molecule has 0 aliphatic heterocycles. The fourth-order valence-corrected chi connectivity index (χ4v) is 2.57. The molecule has 0 aliphatic carbocycles. The Bertz CT molecular complexity index is 446. The first-order valence-corrected chi connectivity index (χ1v) is 7.66. The molecule has 1 rings (SSSR count). The van der Waals surface area contributed by atoms with Crippen LogP contribution in [0, 0.1) is 0 Å². The maximum absolute atomic E-state index is 11.5. The molecule has 0 unspecified atom stereocenters. The molecule has 0 aliphatic rings. The van der Waals surface area contributed by atoms with E-state index in [0.29, 0.717) is 6.42 Å². The molecule has 0 bridgehead atoms. The molecule has 5 nitrogen and oxygen atoms in total. The van der Waals surface area contributed by atoms with E-state index in [-0.39, 0.29) is 18.3 Å². The molecule has 0 saturated carbocycles. The predicted molar refractivity (Wildman–Crippen MR) is 85.9 cm³/mol. The number of carbonyl (C=O) groups excluding carboxylic acids is 1. The summed E-state index contributed by atoms with van der Waals surface area (Å²) in [6.45, 7) is 2.03. The molecular formula is C17H27NO4. The number of hydrogen-bond donors (Lipinski definition) is 2. The first kappa shape index (κ1) is 18.5. The van der Waals surface area contributed by atoms with Gasteiger partial charge in [0, 0.05) is 12.0 Å². The highest BCUT2D eigenvalue weighted by Crippen LogP contribution is 2.28. The van der Waals surface area contributed by atoms with Crippen LogP contribution in [0.15, 0.2) is 24.3 Å². The molecule has 0 amide bonds. The molecule has 0 saturated heterocycles. The summed E-state index contributed by atoms with van der Waals surface area (Å²) in [7, 11) is 2.96. The van der Waals surface area contributed by atoms with Crippen LogP contribution in [0.3, 0.4) is 0 Å². The van der Waals surface area contributed by atoms with E-state index >= 15 is 0 Å². The lowest BCUT2D eigenvalue weighted by Gasteiger charge is -2.26. The van der Waals surface area contributed by atoms with Gasteiger partial charge in [0.2, 0.25) is 0 Å². The number of hydrogen-bond acceptors (Lipinski definition) is 5. The number of aliphatic hydroxyl groups excluding tert-OH is 1. The fraction of sp³-hybridized carbons (Fsp3) is 0.588. The summed E-state index contributed by atoms with van der Waals surface area (Å²) in [5.74, 6) is 0.320. The number of esters is 1. The van der Waals surface area contributed by atoms with Crippen molar-refractivity contribution in [2.75, 3.05) is 14.2 Å². The third kappa shape index (κ3) is 5.66. The first-order valence-electron chi connectivity index (χ1n) is 7.66. The van der Waals surface area contributed by atoms with Crippen LogP contribution in [0.5, 0.6) is 5.75 Å². The van der Waals surface area contributed by atoms with Crippen molar-refractivity contribution in [3.8, 4) is 5.75 Å². The Kier molecular flexibility index (Phi) is 7.91. The minimum atomic E-state index is -0.430. The van der Waals surface area contributed by atoms with E-state index in [1.807, 2.05) is 31.2 Å². The average Bonchev–Trinajstić information content (AvgIpc) is 2.52. The van der Waals surface area contributed by atoms with E-state index in [1.54, 1.807) is 7.11 Å². The number of nitrogens with two attached hydrogens (primary N) is 1. The molecule has 3 atom stereocenters. The van der Waals surface area contributed by atoms with Gasteiger partial charge in [-0.15, -0.1) is 0 Å². The fourth-order valence-electron chi connectivity index (χ4n) is 2.57. The maximum atomic E-state index is 11.5. The van der Waals surface area contributed by atoms with Crippen LogP contribution >= 0.6 is 0 Å². The average molecular weight is 309 g/mol. The Morgan fingerprint density at radius 1 is 1.27 bits per heavy atom. The SMILES string of the molecule is CCC[C@H](O)C[C@H](c1ccc(OC)cc1)[C@H](N)CC(=O)OC. The van der Waals surface area contributed by atoms with Crippen LogP contribution in [0.1, 0.15) is 44.1 Å². The monoisotopic (exact) mass is 309 g/mol. The Morgan fingerprint density at radius 2 is 1.91 bits per heavy atom. The number of rotatable bonds is 9. The van der Waals surface area contributed by atoms with Crippen molar-refractivity contribution < 1.29 is 19.4 Å². The molecule has 5 heteroatoms. The van der Waals surface area contributed by atoms with Crippen molar-refractivity contribution in [3.63, 3.8) is 0 Å². The highest BCUT2D eigenvalue weighted by molar-refractivity contribution is 5.70. The van der Waals surface area contributed by atoms with Crippen LogP contribution in [-0.2, 0) is 9.53 Å². The summed E-state index contributed by atoms with van der Waals surface area (Å²) in [4.78, 5) is 11.5. The van der Waals surface area contributed by atoms with E-state index in [4.69, 9.17) is 15.2 Å². The highest BCUT2D eigenvalue weighted by atomic mass is 16.5. The smallest absolute Gasteiger partial charge is 0.307 e. The van der Waals surface area contributed by atoms with Crippen LogP contribution in [0.25, 0.3) is 0 Å². The van der Waals surface area contributed by atoms with Crippen molar-refractivity contribution in [1.82, 2.24) is 0 Å². The minimum Gasteiger partial charge on any atom is -0.497 e. The van der Waals surface area contributed by atoms with Gasteiger partial charge < -0.3 is 20.3 Å². The summed E-state index contributed by atoms with van der Waals surface area (Å²) in [5.41, 5.74) is 7.19. The summed E-state index contributed by atoms with van der Waals surface area (Å²) in [5, 5.41) is 10.1. The minimum absolute atomic E-state index is 0.105.